The zero-order valence-electron chi connectivity index (χ0n) is 37.2. The molecule has 0 amide bonds. The highest BCUT2D eigenvalue weighted by Gasteiger charge is 2.16. The van der Waals surface area contributed by atoms with E-state index in [1.54, 1.807) is 0 Å². The van der Waals surface area contributed by atoms with Gasteiger partial charge in [0.05, 0.1) is 12.6 Å². The summed E-state index contributed by atoms with van der Waals surface area (Å²) in [5, 5.41) is 22.7. The van der Waals surface area contributed by atoms with Crippen LogP contribution in [0.15, 0.2) is 49.9 Å². The van der Waals surface area contributed by atoms with Crippen LogP contribution in [0.2, 0.25) is 0 Å². The van der Waals surface area contributed by atoms with Crippen LogP contribution in [0.5, 0.6) is 0 Å². The first-order valence-electron chi connectivity index (χ1n) is 19.0. The maximum Gasteiger partial charge on any atom is 0.361 e. The van der Waals surface area contributed by atoms with Gasteiger partial charge in [-0.2, -0.15) is 28.4 Å². The van der Waals surface area contributed by atoms with Crippen LogP contribution in [-0.4, -0.2) is 68.2 Å². The molecule has 0 radical (unpaired) electrons. The molecule has 0 aliphatic carbocycles. The van der Waals surface area contributed by atoms with Gasteiger partial charge < -0.3 is 9.05 Å². The third kappa shape index (κ3) is 22.0. The summed E-state index contributed by atoms with van der Waals surface area (Å²) in [4.78, 5) is 64.3. The van der Waals surface area contributed by atoms with Gasteiger partial charge in [0.15, 0.2) is 0 Å². The lowest BCUT2D eigenvalue weighted by Crippen LogP contribution is -2.25. The molecule has 6 aromatic heterocycles. The summed E-state index contributed by atoms with van der Waals surface area (Å²) in [7, 11) is 0. The van der Waals surface area contributed by atoms with Gasteiger partial charge in [-0.1, -0.05) is 90.0 Å². The normalized spacial score (nSPS) is 11.3. The van der Waals surface area contributed by atoms with Gasteiger partial charge in [0.1, 0.15) is 22.9 Å². The van der Waals surface area contributed by atoms with E-state index < -0.39 is 0 Å². The molecule has 6 aromatic rings. The molecule has 0 bridgehead atoms. The fraction of sp³-hybridized carbons (Fsp3) is 0.667. The minimum Gasteiger partial charge on any atom is -0.384 e. The fourth-order valence-electron chi connectivity index (χ4n) is 4.24. The van der Waals surface area contributed by atoms with Crippen molar-refractivity contribution in [1.29, 1.82) is 0 Å². The monoisotopic (exact) mass is 882 g/mol. The van der Waals surface area contributed by atoms with E-state index >= 15 is 0 Å². The highest BCUT2D eigenvalue weighted by Crippen LogP contribution is 2.19. The highest BCUT2D eigenvalue weighted by molar-refractivity contribution is 6.99. The lowest BCUT2D eigenvalue weighted by molar-refractivity contribution is 0.316. The van der Waals surface area contributed by atoms with Crippen molar-refractivity contribution in [2.24, 2.45) is 16.2 Å². The number of H-pyrrole nitrogens is 6. The average Bonchev–Trinajstić information content (AvgIpc) is 3.96. The van der Waals surface area contributed by atoms with Crippen molar-refractivity contribution in [2.75, 3.05) is 0 Å². The van der Waals surface area contributed by atoms with Crippen molar-refractivity contribution in [3.8, 4) is 0 Å². The topological polar surface area (TPSA) is 311 Å². The Hall–Kier alpha value is -5.52. The first-order valence-corrected chi connectivity index (χ1v) is 20.5. The summed E-state index contributed by atoms with van der Waals surface area (Å²) in [5.74, 6) is 1.95. The number of tetrazole rings is 2. The second-order valence-corrected chi connectivity index (χ2v) is 19.0. The van der Waals surface area contributed by atoms with Crippen LogP contribution < -0.4 is 33.6 Å². The Morgan fingerprint density at radius 2 is 1.17 bits per heavy atom. The molecule has 0 spiro atoms. The third-order valence-corrected chi connectivity index (χ3v) is 8.00. The fourth-order valence-corrected chi connectivity index (χ4v) is 5.36. The van der Waals surface area contributed by atoms with E-state index in [4.69, 9.17) is 9.05 Å². The molecule has 22 nitrogen and oxygen atoms in total. The van der Waals surface area contributed by atoms with Crippen LogP contribution >= 0.6 is 23.5 Å². The van der Waals surface area contributed by atoms with Crippen LogP contribution in [0.3, 0.4) is 0 Å². The summed E-state index contributed by atoms with van der Waals surface area (Å²) in [6.45, 7) is 30.8. The van der Waals surface area contributed by atoms with E-state index in [-0.39, 0.29) is 67.7 Å². The number of hydrogen-bond donors (Lipinski definition) is 6. The molecule has 6 heterocycles. The largest absolute Gasteiger partial charge is 0.384 e. The summed E-state index contributed by atoms with van der Waals surface area (Å²) in [6.07, 6.45) is 1.53. The van der Waals surface area contributed by atoms with E-state index in [0.29, 0.717) is 23.7 Å². The standard InChI is InChI=1S/C8H13NO2.C7H12N2OS.C6H12N4O.C6H9NO2.C5H8N2OS.C4H8N4O/c1-8(2,3)5-6-4-7(10)9-11-6;1-7(2,3)4-5-6(10)9-11-8-5;1-6(2,3)4-10-5(11)7-8-9-10;1-4(2)5-3-6(8)7-9-5;1-3(2)4-5(8)7-9-6-4;1-3(2)8-4(9)5-6-7-8/h4H,5H2,1-3H3,(H,9,10);4H2,1-3H3,(H,9,10);4H2,1-3H3,(H,7,9,11);3-4H,1-2H3,(H,7,8);3H,1-2H3,(H,7,8);3H,1-2H3,(H,5,7,9). The molecule has 0 fully saturated rings. The van der Waals surface area contributed by atoms with Crippen molar-refractivity contribution in [3.63, 3.8) is 0 Å². The van der Waals surface area contributed by atoms with Crippen LogP contribution in [-0.2, 0) is 19.4 Å². The Labute approximate surface area is 354 Å². The Morgan fingerprint density at radius 1 is 0.633 bits per heavy atom. The minimum absolute atomic E-state index is 0.0371. The summed E-state index contributed by atoms with van der Waals surface area (Å²) < 4.78 is 25.2. The third-order valence-electron chi connectivity index (χ3n) is 6.85. The van der Waals surface area contributed by atoms with Crippen LogP contribution in [0, 0.1) is 16.2 Å². The lowest BCUT2D eigenvalue weighted by atomic mass is 9.91. The molecule has 336 valence electrons. The molecule has 0 unspecified atom stereocenters. The zero-order chi connectivity index (χ0) is 46.0. The van der Waals surface area contributed by atoms with Gasteiger partial charge in [-0.05, 0) is 50.9 Å². The lowest BCUT2D eigenvalue weighted by Gasteiger charge is -2.15. The number of nitrogens with zero attached hydrogens (tertiary/aromatic N) is 8. The molecule has 0 saturated carbocycles. The molecule has 0 aliphatic rings. The molecule has 0 aliphatic heterocycles. The number of hydrogen-bond acceptors (Lipinski definition) is 16. The SMILES string of the molecule is CC(C)(C)Cc1cc(=O)[nH]o1.CC(C)(C)Cc1ns[nH]c1=O.CC(C)(C)Cn1nn[nH]c1=O.CC(C)c1cc(=O)[nH]o1.CC(C)c1ns[nH]c1=O.CC(C)n1nn[nH]c1=O. The molecule has 24 heteroatoms. The number of aromatic nitrogens is 14. The Kier molecular flexibility index (Phi) is 20.9. The molecule has 0 atom stereocenters. The summed E-state index contributed by atoms with van der Waals surface area (Å²) >= 11 is 2.23. The van der Waals surface area contributed by atoms with Gasteiger partial charge in [0, 0.05) is 60.3 Å². The maximum atomic E-state index is 11.0. The molecule has 0 aromatic carbocycles. The minimum atomic E-state index is -0.259. The first-order chi connectivity index (χ1) is 27.6. The second kappa shape index (κ2) is 23.9. The molecular weight excluding hydrogens is 821 g/mol. The molecule has 6 rings (SSSR count). The van der Waals surface area contributed by atoms with Gasteiger partial charge in [0.25, 0.3) is 22.2 Å². The van der Waals surface area contributed by atoms with Crippen molar-refractivity contribution in [2.45, 2.75) is 141 Å². The molecule has 60 heavy (non-hydrogen) atoms. The Bertz CT molecular complexity index is 2310. The summed E-state index contributed by atoms with van der Waals surface area (Å²) in [5.41, 5.74) is 0.732. The predicted octanol–water partition coefficient (Wildman–Crippen LogP) is 4.58. The summed E-state index contributed by atoms with van der Waals surface area (Å²) in [6, 6.07) is 3.03. The van der Waals surface area contributed by atoms with Crippen LogP contribution in [0.1, 0.15) is 145 Å². The Balaban J connectivity index is 0.000000361. The first kappa shape index (κ1) is 52.5. The van der Waals surface area contributed by atoms with Crippen molar-refractivity contribution >= 4 is 23.5 Å². The van der Waals surface area contributed by atoms with Crippen LogP contribution in [0.25, 0.3) is 0 Å². The number of aromatic amines is 6. The smallest absolute Gasteiger partial charge is 0.361 e. The zero-order valence-corrected chi connectivity index (χ0v) is 38.8. The van der Waals surface area contributed by atoms with E-state index in [2.05, 4.69) is 100 Å². The Morgan fingerprint density at radius 3 is 1.47 bits per heavy atom. The van der Waals surface area contributed by atoms with E-state index in [1.165, 1.54) is 21.5 Å². The van der Waals surface area contributed by atoms with Gasteiger partial charge in [-0.25, -0.2) is 19.8 Å². The molecule has 0 saturated heterocycles. The van der Waals surface area contributed by atoms with E-state index in [9.17, 15) is 28.8 Å². The second-order valence-electron chi connectivity index (χ2n) is 17.9. The molecule has 6 N–H and O–H groups in total. The van der Waals surface area contributed by atoms with Gasteiger partial charge in [0.2, 0.25) is 0 Å². The van der Waals surface area contributed by atoms with Gasteiger partial charge in [-0.3, -0.25) is 27.9 Å². The number of rotatable bonds is 6. The molecular formula is C36H62N14O8S2. The number of nitrogens with one attached hydrogen (secondary N) is 6. The van der Waals surface area contributed by atoms with Crippen molar-refractivity contribution in [1.82, 2.24) is 68.2 Å². The van der Waals surface area contributed by atoms with Gasteiger partial charge in [-0.15, -0.1) is 0 Å². The highest BCUT2D eigenvalue weighted by atomic mass is 32.1. The van der Waals surface area contributed by atoms with Crippen molar-refractivity contribution in [3.05, 3.63) is 97.4 Å². The van der Waals surface area contributed by atoms with Crippen molar-refractivity contribution < 1.29 is 9.05 Å². The van der Waals surface area contributed by atoms with Crippen LogP contribution in [0.4, 0.5) is 0 Å². The predicted molar refractivity (Wildman–Crippen MR) is 230 cm³/mol. The van der Waals surface area contributed by atoms with Gasteiger partial charge >= 0.3 is 11.4 Å². The average molecular weight is 883 g/mol. The quantitative estimate of drug-likeness (QED) is 0.133. The maximum absolute atomic E-state index is 11.0. The van der Waals surface area contributed by atoms with E-state index in [0.717, 1.165) is 42.1 Å². The van der Waals surface area contributed by atoms with E-state index in [1.807, 2.05) is 62.3 Å².